The van der Waals surface area contributed by atoms with Gasteiger partial charge in [0.05, 0.1) is 4.47 Å². The van der Waals surface area contributed by atoms with Crippen molar-refractivity contribution in [2.75, 3.05) is 11.4 Å². The lowest BCUT2D eigenvalue weighted by Crippen LogP contribution is -2.36. The second-order valence-electron chi connectivity index (χ2n) is 4.77. The number of hydrogen-bond acceptors (Lipinski definition) is 2. The maximum atomic E-state index is 12.5. The number of benzene rings is 1. The molecule has 0 spiro atoms. The third-order valence-corrected chi connectivity index (χ3v) is 3.74. The van der Waals surface area contributed by atoms with E-state index in [9.17, 15) is 9.59 Å². The van der Waals surface area contributed by atoms with Gasteiger partial charge in [-0.25, -0.2) is 0 Å². The number of aromatic nitrogens is 1. The van der Waals surface area contributed by atoms with Crippen LogP contribution in [0.1, 0.15) is 12.5 Å². The summed E-state index contributed by atoms with van der Waals surface area (Å²) in [6.45, 7) is 4.40. The van der Waals surface area contributed by atoms with Gasteiger partial charge in [0.25, 0.3) is 5.56 Å². The molecule has 21 heavy (non-hydrogen) atoms. The average molecular weight is 349 g/mol. The van der Waals surface area contributed by atoms with E-state index in [1.54, 1.807) is 17.2 Å². The van der Waals surface area contributed by atoms with Crippen LogP contribution in [0.4, 0.5) is 5.69 Å². The van der Waals surface area contributed by atoms with E-state index in [0.29, 0.717) is 11.0 Å². The molecule has 0 atom stereocenters. The van der Waals surface area contributed by atoms with Crippen LogP contribution in [0.5, 0.6) is 0 Å². The molecule has 0 fully saturated rings. The summed E-state index contributed by atoms with van der Waals surface area (Å²) in [4.78, 5) is 26.2. The van der Waals surface area contributed by atoms with Crippen LogP contribution in [-0.4, -0.2) is 17.0 Å². The zero-order valence-corrected chi connectivity index (χ0v) is 13.6. The van der Waals surface area contributed by atoms with E-state index in [4.69, 9.17) is 0 Å². The molecule has 0 N–H and O–H groups in total. The van der Waals surface area contributed by atoms with E-state index in [-0.39, 0.29) is 18.0 Å². The molecule has 0 aliphatic heterocycles. The number of carbonyl (C=O) groups excluding carboxylic acids is 1. The Bertz CT molecular complexity index is 695. The standard InChI is InChI=1S/C16H17BrN2O2/c1-3-19(13-7-5-4-6-8-13)15(20)11-18-10-12(2)9-14(17)16(18)21/h4-10H,3,11H2,1-2H3. The predicted octanol–water partition coefficient (Wildman–Crippen LogP) is 2.97. The number of anilines is 1. The quantitative estimate of drug-likeness (QED) is 0.852. The maximum Gasteiger partial charge on any atom is 0.265 e. The van der Waals surface area contributed by atoms with Gasteiger partial charge in [0.1, 0.15) is 6.54 Å². The third-order valence-electron chi connectivity index (χ3n) is 3.17. The molecular formula is C16H17BrN2O2. The van der Waals surface area contributed by atoms with Gasteiger partial charge in [0.15, 0.2) is 0 Å². The van der Waals surface area contributed by atoms with E-state index >= 15 is 0 Å². The summed E-state index contributed by atoms with van der Waals surface area (Å²) in [5.41, 5.74) is 1.57. The molecule has 0 unspecified atom stereocenters. The molecule has 2 rings (SSSR count). The molecule has 0 bridgehead atoms. The molecular weight excluding hydrogens is 332 g/mol. The highest BCUT2D eigenvalue weighted by Gasteiger charge is 2.15. The molecule has 1 aromatic carbocycles. The van der Waals surface area contributed by atoms with Crippen LogP contribution >= 0.6 is 15.9 Å². The fourth-order valence-corrected chi connectivity index (χ4v) is 2.79. The number of pyridine rings is 1. The summed E-state index contributed by atoms with van der Waals surface area (Å²) in [6.07, 6.45) is 1.70. The van der Waals surface area contributed by atoms with E-state index in [1.807, 2.05) is 44.2 Å². The number of rotatable bonds is 4. The Balaban J connectivity index is 2.27. The van der Waals surface area contributed by atoms with Crippen LogP contribution in [0.2, 0.25) is 0 Å². The highest BCUT2D eigenvalue weighted by Crippen LogP contribution is 2.14. The minimum Gasteiger partial charge on any atom is -0.311 e. The lowest BCUT2D eigenvalue weighted by Gasteiger charge is -2.21. The van der Waals surface area contributed by atoms with E-state index in [0.717, 1.165) is 11.3 Å². The van der Waals surface area contributed by atoms with Crippen molar-refractivity contribution < 1.29 is 4.79 Å². The van der Waals surface area contributed by atoms with Gasteiger partial charge in [0.2, 0.25) is 5.91 Å². The largest absolute Gasteiger partial charge is 0.311 e. The van der Waals surface area contributed by atoms with Gasteiger partial charge < -0.3 is 9.47 Å². The maximum absolute atomic E-state index is 12.5. The van der Waals surface area contributed by atoms with E-state index < -0.39 is 0 Å². The first-order chi connectivity index (χ1) is 10.0. The number of hydrogen-bond donors (Lipinski definition) is 0. The van der Waals surface area contributed by atoms with Gasteiger partial charge >= 0.3 is 0 Å². The number of likely N-dealkylation sites (N-methyl/N-ethyl adjacent to an activating group) is 1. The fourth-order valence-electron chi connectivity index (χ4n) is 2.20. The molecule has 2 aromatic rings. The van der Waals surface area contributed by atoms with E-state index in [2.05, 4.69) is 15.9 Å². The van der Waals surface area contributed by atoms with Gasteiger partial charge in [-0.3, -0.25) is 9.59 Å². The van der Waals surface area contributed by atoms with Gasteiger partial charge in [-0.05, 0) is 53.5 Å². The van der Waals surface area contributed by atoms with Crippen molar-refractivity contribution in [3.8, 4) is 0 Å². The van der Waals surface area contributed by atoms with Crippen LogP contribution in [0, 0.1) is 6.92 Å². The Morgan fingerprint density at radius 3 is 2.57 bits per heavy atom. The van der Waals surface area contributed by atoms with Gasteiger partial charge in [-0.2, -0.15) is 0 Å². The summed E-state index contributed by atoms with van der Waals surface area (Å²) in [7, 11) is 0. The van der Waals surface area contributed by atoms with Crippen LogP contribution in [0.25, 0.3) is 0 Å². The number of aryl methyl sites for hydroxylation is 1. The second-order valence-corrected chi connectivity index (χ2v) is 5.63. The Morgan fingerprint density at radius 1 is 1.29 bits per heavy atom. The van der Waals surface area contributed by atoms with Crippen molar-refractivity contribution in [1.29, 1.82) is 0 Å². The smallest absolute Gasteiger partial charge is 0.265 e. The van der Waals surface area contributed by atoms with Gasteiger partial charge in [0, 0.05) is 18.4 Å². The molecule has 1 amide bonds. The summed E-state index contributed by atoms with van der Waals surface area (Å²) >= 11 is 3.23. The molecule has 4 nitrogen and oxygen atoms in total. The predicted molar refractivity (Wildman–Crippen MR) is 87.6 cm³/mol. The zero-order valence-electron chi connectivity index (χ0n) is 12.0. The molecule has 0 saturated heterocycles. The first-order valence-electron chi connectivity index (χ1n) is 6.75. The van der Waals surface area contributed by atoms with Crippen LogP contribution in [0.3, 0.4) is 0 Å². The van der Waals surface area contributed by atoms with Gasteiger partial charge in [-0.1, -0.05) is 18.2 Å². The third kappa shape index (κ3) is 3.61. The first kappa shape index (κ1) is 15.5. The Hall–Kier alpha value is -1.88. The molecule has 1 heterocycles. The monoisotopic (exact) mass is 348 g/mol. The zero-order chi connectivity index (χ0) is 15.4. The van der Waals surface area contributed by atoms with Crippen molar-refractivity contribution >= 4 is 27.5 Å². The van der Waals surface area contributed by atoms with Crippen molar-refractivity contribution in [1.82, 2.24) is 4.57 Å². The van der Waals surface area contributed by atoms with Gasteiger partial charge in [-0.15, -0.1) is 0 Å². The lowest BCUT2D eigenvalue weighted by molar-refractivity contribution is -0.119. The van der Waals surface area contributed by atoms with Crippen LogP contribution in [-0.2, 0) is 11.3 Å². The van der Waals surface area contributed by atoms with Crippen molar-refractivity contribution in [2.24, 2.45) is 0 Å². The number of halogens is 1. The summed E-state index contributed by atoms with van der Waals surface area (Å²) in [5, 5.41) is 0. The highest BCUT2D eigenvalue weighted by molar-refractivity contribution is 9.10. The number of amides is 1. The minimum absolute atomic E-state index is 0.0296. The Labute approximate surface area is 132 Å². The lowest BCUT2D eigenvalue weighted by atomic mass is 10.2. The van der Waals surface area contributed by atoms with Crippen molar-refractivity contribution in [3.63, 3.8) is 0 Å². The molecule has 0 aliphatic carbocycles. The minimum atomic E-state index is -0.196. The SMILES string of the molecule is CCN(C(=O)Cn1cc(C)cc(Br)c1=O)c1ccccc1. The number of carbonyl (C=O) groups is 1. The van der Waals surface area contributed by atoms with Crippen molar-refractivity contribution in [3.05, 3.63) is 63.0 Å². The van der Waals surface area contributed by atoms with Crippen LogP contribution in [0.15, 0.2) is 51.9 Å². The molecule has 5 heteroatoms. The average Bonchev–Trinajstić information content (AvgIpc) is 2.46. The molecule has 1 aromatic heterocycles. The normalized spacial score (nSPS) is 10.4. The number of nitrogens with zero attached hydrogens (tertiary/aromatic N) is 2. The molecule has 110 valence electrons. The van der Waals surface area contributed by atoms with Crippen molar-refractivity contribution in [2.45, 2.75) is 20.4 Å². The topological polar surface area (TPSA) is 42.3 Å². The fraction of sp³-hybridized carbons (Fsp3) is 0.250. The summed E-state index contributed by atoms with van der Waals surface area (Å²) in [5.74, 6) is -0.108. The number of para-hydroxylation sites is 1. The summed E-state index contributed by atoms with van der Waals surface area (Å²) < 4.78 is 1.91. The first-order valence-corrected chi connectivity index (χ1v) is 7.54. The second kappa shape index (κ2) is 6.72. The van der Waals surface area contributed by atoms with E-state index in [1.165, 1.54) is 4.57 Å². The molecule has 0 aliphatic rings. The van der Waals surface area contributed by atoms with Crippen LogP contribution < -0.4 is 10.5 Å². The Morgan fingerprint density at radius 2 is 1.95 bits per heavy atom. The Kier molecular flexibility index (Phi) is 4.96. The highest BCUT2D eigenvalue weighted by atomic mass is 79.9. The molecule has 0 saturated carbocycles. The molecule has 0 radical (unpaired) electrons. The summed E-state index contributed by atoms with van der Waals surface area (Å²) in [6, 6.07) is 11.2.